The summed E-state index contributed by atoms with van der Waals surface area (Å²) in [6.45, 7) is 0. The number of rotatable bonds is 2. The second kappa shape index (κ2) is 4.74. The van der Waals surface area contributed by atoms with E-state index < -0.39 is 17.7 Å². The van der Waals surface area contributed by atoms with Crippen LogP contribution in [-0.2, 0) is 6.42 Å². The molecular weight excluding hydrogens is 244 g/mol. The lowest BCUT2D eigenvalue weighted by Gasteiger charge is -2.21. The Labute approximate surface area is 111 Å². The van der Waals surface area contributed by atoms with Crippen molar-refractivity contribution in [1.29, 1.82) is 0 Å². The van der Waals surface area contributed by atoms with E-state index in [0.717, 1.165) is 18.4 Å². The lowest BCUT2D eigenvalue weighted by Crippen LogP contribution is -2.21. The van der Waals surface area contributed by atoms with Crippen LogP contribution < -0.4 is 5.73 Å². The number of aryl methyl sites for hydroxylation is 1. The van der Waals surface area contributed by atoms with Gasteiger partial charge in [0.25, 0.3) is 0 Å². The molecule has 0 aliphatic heterocycles. The van der Waals surface area contributed by atoms with E-state index in [1.165, 1.54) is 23.8 Å². The summed E-state index contributed by atoms with van der Waals surface area (Å²) in [6.07, 6.45) is 1.76. The first kappa shape index (κ1) is 12.3. The maximum atomic E-state index is 13.8. The lowest BCUT2D eigenvalue weighted by atomic mass is 9.88. The number of nitrogens with two attached hydrogens (primary N) is 1. The molecule has 0 saturated carbocycles. The summed E-state index contributed by atoms with van der Waals surface area (Å²) in [6, 6.07) is 11.2. The van der Waals surface area contributed by atoms with Gasteiger partial charge in [0.2, 0.25) is 0 Å². The monoisotopic (exact) mass is 259 g/mol. The van der Waals surface area contributed by atoms with Crippen LogP contribution in [0.15, 0.2) is 42.5 Å². The maximum absolute atomic E-state index is 13.8. The van der Waals surface area contributed by atoms with Gasteiger partial charge >= 0.3 is 0 Å². The molecule has 2 N–H and O–H groups in total. The highest BCUT2D eigenvalue weighted by Crippen LogP contribution is 2.41. The molecule has 19 heavy (non-hydrogen) atoms. The Morgan fingerprint density at radius 3 is 2.42 bits per heavy atom. The molecule has 0 fully saturated rings. The van der Waals surface area contributed by atoms with Gasteiger partial charge in [-0.3, -0.25) is 0 Å². The van der Waals surface area contributed by atoms with Crippen molar-refractivity contribution < 1.29 is 8.78 Å². The molecule has 2 aromatic rings. The molecular formula is C16H15F2N. The molecule has 1 nitrogen and oxygen atoms in total. The molecule has 0 heterocycles. The molecule has 3 heteroatoms. The zero-order valence-electron chi connectivity index (χ0n) is 10.4. The Bertz CT molecular complexity index is 589. The molecule has 0 bridgehead atoms. The van der Waals surface area contributed by atoms with Gasteiger partial charge in [-0.25, -0.2) is 8.78 Å². The molecule has 98 valence electrons. The average molecular weight is 259 g/mol. The zero-order valence-corrected chi connectivity index (χ0v) is 10.4. The summed E-state index contributed by atoms with van der Waals surface area (Å²) >= 11 is 0. The predicted molar refractivity (Wildman–Crippen MR) is 70.8 cm³/mol. The van der Waals surface area contributed by atoms with Crippen molar-refractivity contribution in [2.45, 2.75) is 24.8 Å². The Morgan fingerprint density at radius 1 is 1.00 bits per heavy atom. The van der Waals surface area contributed by atoms with Crippen LogP contribution in [0.1, 0.15) is 35.1 Å². The van der Waals surface area contributed by atoms with Gasteiger partial charge in [-0.1, -0.05) is 30.3 Å². The van der Waals surface area contributed by atoms with Crippen molar-refractivity contribution in [1.82, 2.24) is 0 Å². The highest BCUT2D eigenvalue weighted by atomic mass is 19.1. The van der Waals surface area contributed by atoms with E-state index in [4.69, 9.17) is 5.73 Å². The van der Waals surface area contributed by atoms with Gasteiger partial charge in [0.15, 0.2) is 0 Å². The number of hydrogen-bond acceptors (Lipinski definition) is 1. The minimum Gasteiger partial charge on any atom is -0.323 e. The van der Waals surface area contributed by atoms with Crippen molar-refractivity contribution >= 4 is 0 Å². The van der Waals surface area contributed by atoms with Crippen molar-refractivity contribution in [2.24, 2.45) is 5.73 Å². The first-order valence-corrected chi connectivity index (χ1v) is 6.46. The SMILES string of the molecule is NC(c1c(F)cccc1F)C1CCc2ccccc21. The molecule has 3 rings (SSSR count). The largest absolute Gasteiger partial charge is 0.323 e. The Balaban J connectivity index is 2.00. The van der Waals surface area contributed by atoms with Gasteiger partial charge in [0, 0.05) is 17.5 Å². The molecule has 2 unspecified atom stereocenters. The van der Waals surface area contributed by atoms with E-state index >= 15 is 0 Å². The quantitative estimate of drug-likeness (QED) is 0.874. The third-order valence-electron chi connectivity index (χ3n) is 3.95. The fourth-order valence-electron chi connectivity index (χ4n) is 2.99. The third kappa shape index (κ3) is 2.04. The number of benzene rings is 2. The standard InChI is InChI=1S/C16H15F2N/c17-13-6-3-7-14(18)15(13)16(19)12-9-8-10-4-1-2-5-11(10)12/h1-7,12,16H,8-9,19H2. The van der Waals surface area contributed by atoms with Crippen LogP contribution in [-0.4, -0.2) is 0 Å². The minimum atomic E-state index is -0.634. The number of hydrogen-bond donors (Lipinski definition) is 1. The smallest absolute Gasteiger partial charge is 0.130 e. The summed E-state index contributed by atoms with van der Waals surface area (Å²) in [5, 5.41) is 0. The van der Waals surface area contributed by atoms with E-state index in [2.05, 4.69) is 6.07 Å². The first-order valence-electron chi connectivity index (χ1n) is 6.46. The molecule has 1 aliphatic carbocycles. The van der Waals surface area contributed by atoms with Gasteiger partial charge in [-0.05, 0) is 36.1 Å². The van der Waals surface area contributed by atoms with Gasteiger partial charge < -0.3 is 5.73 Å². The Hall–Kier alpha value is -1.74. The van der Waals surface area contributed by atoms with Crippen molar-refractivity contribution in [3.05, 3.63) is 70.8 Å². The van der Waals surface area contributed by atoms with Crippen LogP contribution in [0.3, 0.4) is 0 Å². The van der Waals surface area contributed by atoms with Crippen LogP contribution in [0, 0.1) is 11.6 Å². The van der Waals surface area contributed by atoms with Crippen LogP contribution in [0.2, 0.25) is 0 Å². The lowest BCUT2D eigenvalue weighted by molar-refractivity contribution is 0.477. The van der Waals surface area contributed by atoms with Gasteiger partial charge in [0.1, 0.15) is 11.6 Å². The fraction of sp³-hybridized carbons (Fsp3) is 0.250. The van der Waals surface area contributed by atoms with Crippen LogP contribution in [0.4, 0.5) is 8.78 Å². The first-order chi connectivity index (χ1) is 9.18. The van der Waals surface area contributed by atoms with Gasteiger partial charge in [-0.15, -0.1) is 0 Å². The van der Waals surface area contributed by atoms with Crippen LogP contribution >= 0.6 is 0 Å². The predicted octanol–water partition coefficient (Wildman–Crippen LogP) is 3.69. The topological polar surface area (TPSA) is 26.0 Å². The zero-order chi connectivity index (χ0) is 13.4. The highest BCUT2D eigenvalue weighted by Gasteiger charge is 2.31. The van der Waals surface area contributed by atoms with E-state index in [0.29, 0.717) is 0 Å². The third-order valence-corrected chi connectivity index (χ3v) is 3.95. The van der Waals surface area contributed by atoms with E-state index in [9.17, 15) is 8.78 Å². The van der Waals surface area contributed by atoms with Crippen molar-refractivity contribution in [2.75, 3.05) is 0 Å². The summed E-state index contributed by atoms with van der Waals surface area (Å²) < 4.78 is 27.6. The summed E-state index contributed by atoms with van der Waals surface area (Å²) in [5.41, 5.74) is 8.50. The number of fused-ring (bicyclic) bond motifs is 1. The van der Waals surface area contributed by atoms with E-state index in [1.54, 1.807) is 0 Å². The van der Waals surface area contributed by atoms with E-state index in [-0.39, 0.29) is 11.5 Å². The minimum absolute atomic E-state index is 0.00389. The van der Waals surface area contributed by atoms with Gasteiger partial charge in [-0.2, -0.15) is 0 Å². The second-order valence-electron chi connectivity index (χ2n) is 5.01. The number of halogens is 2. The summed E-state index contributed by atoms with van der Waals surface area (Å²) in [7, 11) is 0. The molecule has 0 radical (unpaired) electrons. The molecule has 0 aromatic heterocycles. The normalized spacial score (nSPS) is 19.2. The second-order valence-corrected chi connectivity index (χ2v) is 5.01. The molecule has 0 saturated heterocycles. The Kier molecular flexibility index (Phi) is 3.07. The molecule has 0 amide bonds. The highest BCUT2D eigenvalue weighted by molar-refractivity contribution is 5.38. The average Bonchev–Trinajstić information content (AvgIpc) is 2.82. The molecule has 0 spiro atoms. The molecule has 2 atom stereocenters. The Morgan fingerprint density at radius 2 is 1.68 bits per heavy atom. The maximum Gasteiger partial charge on any atom is 0.130 e. The molecule has 2 aromatic carbocycles. The van der Waals surface area contributed by atoms with Crippen LogP contribution in [0.25, 0.3) is 0 Å². The van der Waals surface area contributed by atoms with E-state index in [1.807, 2.05) is 18.2 Å². The summed E-state index contributed by atoms with van der Waals surface area (Å²) in [5.74, 6) is -1.13. The van der Waals surface area contributed by atoms with Crippen LogP contribution in [0.5, 0.6) is 0 Å². The van der Waals surface area contributed by atoms with Gasteiger partial charge in [0.05, 0.1) is 0 Å². The fourth-order valence-corrected chi connectivity index (χ4v) is 2.99. The summed E-state index contributed by atoms with van der Waals surface area (Å²) in [4.78, 5) is 0. The van der Waals surface area contributed by atoms with Crippen molar-refractivity contribution in [3.8, 4) is 0 Å². The van der Waals surface area contributed by atoms with Crippen molar-refractivity contribution in [3.63, 3.8) is 0 Å². The molecule has 1 aliphatic rings.